The van der Waals surface area contributed by atoms with Crippen LogP contribution in [0, 0.1) is 0 Å². The summed E-state index contributed by atoms with van der Waals surface area (Å²) in [7, 11) is 2.07. The molecule has 2 nitrogen and oxygen atoms in total. The van der Waals surface area contributed by atoms with Crippen LogP contribution in [0.15, 0.2) is 28.7 Å². The van der Waals surface area contributed by atoms with Crippen molar-refractivity contribution >= 4 is 21.7 Å². The summed E-state index contributed by atoms with van der Waals surface area (Å²) in [6, 6.07) is 7.59. The van der Waals surface area contributed by atoms with E-state index in [-0.39, 0.29) is 5.78 Å². The maximum absolute atomic E-state index is 11.9. The first-order valence-corrected chi connectivity index (χ1v) is 6.90. The Bertz CT molecular complexity index is 365. The Hall–Kier alpha value is -0.670. The number of hydrogen-bond donors (Lipinski definition) is 0. The number of carbonyl (C=O) groups is 1. The van der Waals surface area contributed by atoms with Crippen molar-refractivity contribution in [2.45, 2.75) is 26.2 Å². The molecule has 0 unspecified atom stereocenters. The maximum Gasteiger partial charge on any atom is 0.164 e. The molecular formula is C14H20BrNO. The third-order valence-corrected chi connectivity index (χ3v) is 3.25. The fourth-order valence-electron chi connectivity index (χ4n) is 1.64. The van der Waals surface area contributed by atoms with Crippen LogP contribution < -0.4 is 0 Å². The van der Waals surface area contributed by atoms with Crippen molar-refractivity contribution in [3.05, 3.63) is 34.3 Å². The fraction of sp³-hybridized carbons (Fsp3) is 0.500. The predicted octanol–water partition coefficient (Wildman–Crippen LogP) is 3.75. The molecule has 0 saturated carbocycles. The van der Waals surface area contributed by atoms with E-state index in [1.165, 1.54) is 12.8 Å². The summed E-state index contributed by atoms with van der Waals surface area (Å²) >= 11 is 3.38. The molecule has 0 amide bonds. The Morgan fingerprint density at radius 3 is 2.76 bits per heavy atom. The van der Waals surface area contributed by atoms with E-state index in [1.807, 2.05) is 24.3 Å². The third kappa shape index (κ3) is 5.46. The second-order valence-electron chi connectivity index (χ2n) is 4.34. The molecule has 17 heavy (non-hydrogen) atoms. The fourth-order valence-corrected chi connectivity index (χ4v) is 2.04. The average molecular weight is 298 g/mol. The van der Waals surface area contributed by atoms with E-state index < -0.39 is 0 Å². The molecule has 0 aliphatic carbocycles. The quantitative estimate of drug-likeness (QED) is 0.714. The molecule has 0 saturated heterocycles. The van der Waals surface area contributed by atoms with Crippen molar-refractivity contribution in [1.29, 1.82) is 0 Å². The summed E-state index contributed by atoms with van der Waals surface area (Å²) in [5, 5.41) is 0. The van der Waals surface area contributed by atoms with Gasteiger partial charge in [0.15, 0.2) is 5.78 Å². The van der Waals surface area contributed by atoms with Gasteiger partial charge in [-0.1, -0.05) is 41.4 Å². The zero-order chi connectivity index (χ0) is 12.7. The van der Waals surface area contributed by atoms with Gasteiger partial charge in [0.1, 0.15) is 0 Å². The van der Waals surface area contributed by atoms with Gasteiger partial charge in [-0.05, 0) is 32.1 Å². The number of carbonyl (C=O) groups excluding carboxylic acids is 1. The van der Waals surface area contributed by atoms with Gasteiger partial charge >= 0.3 is 0 Å². The smallest absolute Gasteiger partial charge is 0.164 e. The molecule has 0 aliphatic heterocycles. The SMILES string of the molecule is CCCCN(C)CCC(=O)c1cccc(Br)c1. The van der Waals surface area contributed by atoms with E-state index in [0.717, 1.165) is 23.1 Å². The van der Waals surface area contributed by atoms with Crippen LogP contribution in [-0.4, -0.2) is 30.8 Å². The second-order valence-corrected chi connectivity index (χ2v) is 5.26. The Kier molecular flexibility index (Phi) is 6.45. The van der Waals surface area contributed by atoms with Crippen molar-refractivity contribution in [2.24, 2.45) is 0 Å². The van der Waals surface area contributed by atoms with Crippen molar-refractivity contribution < 1.29 is 4.79 Å². The molecule has 3 heteroatoms. The van der Waals surface area contributed by atoms with E-state index in [4.69, 9.17) is 0 Å². The highest BCUT2D eigenvalue weighted by Gasteiger charge is 2.07. The topological polar surface area (TPSA) is 20.3 Å². The Labute approximate surface area is 112 Å². The summed E-state index contributed by atoms with van der Waals surface area (Å²) in [6.07, 6.45) is 2.99. The number of halogens is 1. The lowest BCUT2D eigenvalue weighted by Crippen LogP contribution is -2.22. The van der Waals surface area contributed by atoms with E-state index in [9.17, 15) is 4.79 Å². The standard InChI is InChI=1S/C14H20BrNO/c1-3-4-9-16(2)10-8-14(17)12-6-5-7-13(15)11-12/h5-7,11H,3-4,8-10H2,1-2H3. The number of unbranched alkanes of at least 4 members (excludes halogenated alkanes) is 1. The third-order valence-electron chi connectivity index (χ3n) is 2.76. The highest BCUT2D eigenvalue weighted by atomic mass is 79.9. The summed E-state index contributed by atoms with van der Waals surface area (Å²) in [5.41, 5.74) is 0.795. The van der Waals surface area contributed by atoms with E-state index >= 15 is 0 Å². The lowest BCUT2D eigenvalue weighted by molar-refractivity contribution is 0.0969. The van der Waals surface area contributed by atoms with E-state index in [1.54, 1.807) is 0 Å². The number of ketones is 1. The molecule has 1 rings (SSSR count). The minimum atomic E-state index is 0.217. The summed E-state index contributed by atoms with van der Waals surface area (Å²) in [6.45, 7) is 4.09. The first-order valence-electron chi connectivity index (χ1n) is 6.10. The monoisotopic (exact) mass is 297 g/mol. The minimum absolute atomic E-state index is 0.217. The molecular weight excluding hydrogens is 278 g/mol. The zero-order valence-corrected chi connectivity index (χ0v) is 12.2. The number of Topliss-reactive ketones (excluding diaryl/α,β-unsaturated/α-hetero) is 1. The van der Waals surface area contributed by atoms with Crippen LogP contribution in [0.25, 0.3) is 0 Å². The number of rotatable bonds is 7. The van der Waals surface area contributed by atoms with Gasteiger partial charge in [-0.15, -0.1) is 0 Å². The molecule has 0 bridgehead atoms. The number of hydrogen-bond acceptors (Lipinski definition) is 2. The normalized spacial score (nSPS) is 10.8. The van der Waals surface area contributed by atoms with Gasteiger partial charge < -0.3 is 4.90 Å². The van der Waals surface area contributed by atoms with Crippen LogP contribution in [0.4, 0.5) is 0 Å². The molecule has 0 fully saturated rings. The molecule has 0 heterocycles. The first-order chi connectivity index (χ1) is 8.13. The van der Waals surface area contributed by atoms with Crippen molar-refractivity contribution in [2.75, 3.05) is 20.1 Å². The van der Waals surface area contributed by atoms with Crippen molar-refractivity contribution in [3.63, 3.8) is 0 Å². The van der Waals surface area contributed by atoms with Gasteiger partial charge in [0.25, 0.3) is 0 Å². The molecule has 0 spiro atoms. The van der Waals surface area contributed by atoms with Gasteiger partial charge in [-0.3, -0.25) is 4.79 Å². The summed E-state index contributed by atoms with van der Waals surface area (Å²) in [4.78, 5) is 14.1. The second kappa shape index (κ2) is 7.62. The molecule has 1 aromatic rings. The van der Waals surface area contributed by atoms with Crippen LogP contribution in [-0.2, 0) is 0 Å². The highest BCUT2D eigenvalue weighted by Crippen LogP contribution is 2.13. The Morgan fingerprint density at radius 2 is 2.12 bits per heavy atom. The predicted molar refractivity (Wildman–Crippen MR) is 75.5 cm³/mol. The van der Waals surface area contributed by atoms with Crippen molar-refractivity contribution in [1.82, 2.24) is 4.90 Å². The van der Waals surface area contributed by atoms with E-state index in [0.29, 0.717) is 6.42 Å². The van der Waals surface area contributed by atoms with Crippen LogP contribution in [0.2, 0.25) is 0 Å². The van der Waals surface area contributed by atoms with Crippen molar-refractivity contribution in [3.8, 4) is 0 Å². The van der Waals surface area contributed by atoms with Gasteiger partial charge in [0.05, 0.1) is 0 Å². The summed E-state index contributed by atoms with van der Waals surface area (Å²) in [5.74, 6) is 0.217. The van der Waals surface area contributed by atoms with Gasteiger partial charge in [-0.2, -0.15) is 0 Å². The van der Waals surface area contributed by atoms with Gasteiger partial charge in [0.2, 0.25) is 0 Å². The average Bonchev–Trinajstić information content (AvgIpc) is 2.33. The van der Waals surface area contributed by atoms with Crippen LogP contribution in [0.5, 0.6) is 0 Å². The molecule has 0 atom stereocenters. The molecule has 0 radical (unpaired) electrons. The molecule has 0 N–H and O–H groups in total. The minimum Gasteiger partial charge on any atom is -0.306 e. The van der Waals surface area contributed by atoms with Gasteiger partial charge in [0, 0.05) is 23.0 Å². The maximum atomic E-state index is 11.9. The van der Waals surface area contributed by atoms with E-state index in [2.05, 4.69) is 34.8 Å². The largest absolute Gasteiger partial charge is 0.306 e. The van der Waals surface area contributed by atoms with Gasteiger partial charge in [-0.25, -0.2) is 0 Å². The Balaban J connectivity index is 2.39. The lowest BCUT2D eigenvalue weighted by Gasteiger charge is -2.15. The lowest BCUT2D eigenvalue weighted by atomic mass is 10.1. The summed E-state index contributed by atoms with van der Waals surface area (Å²) < 4.78 is 0.961. The molecule has 94 valence electrons. The van der Waals surface area contributed by atoms with Crippen LogP contribution >= 0.6 is 15.9 Å². The van der Waals surface area contributed by atoms with Crippen LogP contribution in [0.1, 0.15) is 36.5 Å². The highest BCUT2D eigenvalue weighted by molar-refractivity contribution is 9.10. The van der Waals surface area contributed by atoms with Crippen LogP contribution in [0.3, 0.4) is 0 Å². The first kappa shape index (κ1) is 14.4. The number of benzene rings is 1. The molecule has 1 aromatic carbocycles. The molecule has 0 aliphatic rings. The molecule has 0 aromatic heterocycles. The number of nitrogens with zero attached hydrogens (tertiary/aromatic N) is 1. The zero-order valence-electron chi connectivity index (χ0n) is 10.6. The Morgan fingerprint density at radius 1 is 1.35 bits per heavy atom.